The number of carboxylic acids is 1. The van der Waals surface area contributed by atoms with Gasteiger partial charge in [0, 0.05) is 24.7 Å². The predicted octanol–water partition coefficient (Wildman–Crippen LogP) is 6.31. The predicted molar refractivity (Wildman–Crippen MR) is 165 cm³/mol. The molecule has 2 aliphatic rings. The minimum atomic E-state index is -0.833. The van der Waals surface area contributed by atoms with Crippen LogP contribution in [0, 0.1) is 24.2 Å². The molecule has 0 saturated heterocycles. The standard InChI is InChI=1S/C29H37BrN4O2.C2H4O2/c1-6-9-26(35)34-27(28(31)36-21-10-7-14-29(3,4)18-21)24(32-5)11-8-15-33-25-16-19(2)23(30)17-22(25)20-12-13-20;1-2(3)4/h8,11,15-17,20-21H,7,10,12-14,18,31H2,1-5H3,(H,34,35);1H3,(H,3,4)/b11-8-,28-27-,32-24?,33-15?;. The summed E-state index contributed by atoms with van der Waals surface area (Å²) in [6.07, 6.45) is 11.8. The fourth-order valence-electron chi connectivity index (χ4n) is 4.52. The van der Waals surface area contributed by atoms with Crippen LogP contribution in [-0.2, 0) is 14.3 Å². The van der Waals surface area contributed by atoms with Crippen LogP contribution < -0.4 is 11.1 Å². The summed E-state index contributed by atoms with van der Waals surface area (Å²) in [6.45, 7) is 9.24. The number of nitrogens with two attached hydrogens (primary N) is 1. The first-order valence-corrected chi connectivity index (χ1v) is 14.2. The van der Waals surface area contributed by atoms with Crippen LogP contribution in [0.1, 0.15) is 83.3 Å². The Kier molecular flexibility index (Phi) is 12.7. The van der Waals surface area contributed by atoms with Gasteiger partial charge < -0.3 is 20.9 Å². The van der Waals surface area contributed by atoms with Crippen molar-refractivity contribution in [2.24, 2.45) is 21.1 Å². The largest absolute Gasteiger partial charge is 0.481 e. The number of carboxylic acid groups (broad SMARTS) is 1. The number of halogens is 1. The minimum absolute atomic E-state index is 0.0111. The molecule has 0 spiro atoms. The molecule has 9 heteroatoms. The molecular weight excluding hydrogens is 572 g/mol. The summed E-state index contributed by atoms with van der Waals surface area (Å²) in [5.74, 6) is 4.53. The molecule has 0 bridgehead atoms. The SMILES string of the molecule is CC#CC(=O)N/C(C(/C=C\C=Nc1cc(C)c(Br)cc1C1CC1)=NC)=C(/N)OC1CCCC(C)(C)C1.CC(=O)O. The van der Waals surface area contributed by atoms with Gasteiger partial charge in [0.2, 0.25) is 5.88 Å². The Balaban J connectivity index is 0.00000131. The molecule has 1 aromatic rings. The lowest BCUT2D eigenvalue weighted by Crippen LogP contribution is -2.33. The molecule has 2 saturated carbocycles. The van der Waals surface area contributed by atoms with E-state index in [0.717, 1.165) is 48.3 Å². The summed E-state index contributed by atoms with van der Waals surface area (Å²) in [7, 11) is 1.65. The molecule has 1 aromatic carbocycles. The van der Waals surface area contributed by atoms with Crippen LogP contribution in [0.15, 0.2) is 50.3 Å². The third-order valence-electron chi connectivity index (χ3n) is 6.55. The molecule has 1 amide bonds. The average Bonchev–Trinajstić information content (AvgIpc) is 3.69. The summed E-state index contributed by atoms with van der Waals surface area (Å²) < 4.78 is 7.25. The number of rotatable bonds is 8. The Morgan fingerprint density at radius 1 is 1.27 bits per heavy atom. The lowest BCUT2D eigenvalue weighted by molar-refractivity contribution is -0.134. The normalized spacial score (nSPS) is 19.2. The van der Waals surface area contributed by atoms with E-state index in [9.17, 15) is 4.79 Å². The van der Waals surface area contributed by atoms with Gasteiger partial charge in [-0.05, 0) is 105 Å². The van der Waals surface area contributed by atoms with E-state index in [1.54, 1.807) is 32.3 Å². The summed E-state index contributed by atoms with van der Waals surface area (Å²) in [6, 6.07) is 4.28. The molecule has 0 radical (unpaired) electrons. The Labute approximate surface area is 246 Å². The Morgan fingerprint density at radius 2 is 1.95 bits per heavy atom. The molecule has 4 N–H and O–H groups in total. The minimum Gasteiger partial charge on any atom is -0.481 e. The van der Waals surface area contributed by atoms with Gasteiger partial charge in [-0.25, -0.2) is 0 Å². The Bertz CT molecular complexity index is 1260. The van der Waals surface area contributed by atoms with Crippen LogP contribution in [0.25, 0.3) is 0 Å². The second kappa shape index (κ2) is 15.4. The highest BCUT2D eigenvalue weighted by atomic mass is 79.9. The third kappa shape index (κ3) is 11.0. The Morgan fingerprint density at radius 3 is 2.52 bits per heavy atom. The van der Waals surface area contributed by atoms with E-state index in [1.165, 1.54) is 18.4 Å². The highest BCUT2D eigenvalue weighted by molar-refractivity contribution is 9.10. The fraction of sp³-hybridized carbons (Fsp3) is 0.484. The van der Waals surface area contributed by atoms with Crippen LogP contribution in [0.3, 0.4) is 0 Å². The topological polar surface area (TPSA) is 126 Å². The third-order valence-corrected chi connectivity index (χ3v) is 7.41. The molecule has 40 heavy (non-hydrogen) atoms. The number of aliphatic imine (C=N–C) groups is 2. The summed E-state index contributed by atoms with van der Waals surface area (Å²) in [5.41, 5.74) is 10.8. The molecule has 8 nitrogen and oxygen atoms in total. The lowest BCUT2D eigenvalue weighted by Gasteiger charge is -2.35. The summed E-state index contributed by atoms with van der Waals surface area (Å²) in [4.78, 5) is 30.4. The zero-order valence-electron chi connectivity index (χ0n) is 24.3. The van der Waals surface area contributed by atoms with Crippen molar-refractivity contribution < 1.29 is 19.4 Å². The molecule has 0 aromatic heterocycles. The van der Waals surface area contributed by atoms with Gasteiger partial charge in [0.25, 0.3) is 11.9 Å². The number of hydrogen-bond donors (Lipinski definition) is 3. The number of benzene rings is 1. The van der Waals surface area contributed by atoms with Crippen molar-refractivity contribution in [2.75, 3.05) is 7.05 Å². The average molecular weight is 614 g/mol. The van der Waals surface area contributed by atoms with Gasteiger partial charge in [0.1, 0.15) is 11.8 Å². The van der Waals surface area contributed by atoms with Crippen molar-refractivity contribution in [3.8, 4) is 11.8 Å². The zero-order chi connectivity index (χ0) is 29.9. The van der Waals surface area contributed by atoms with Crippen LogP contribution in [0.4, 0.5) is 5.69 Å². The smallest absolute Gasteiger partial charge is 0.300 e. The van der Waals surface area contributed by atoms with Gasteiger partial charge in [0.15, 0.2) is 0 Å². The molecule has 2 fully saturated rings. The molecule has 0 heterocycles. The number of aliphatic carboxylic acids is 1. The van der Waals surface area contributed by atoms with E-state index >= 15 is 0 Å². The number of carbonyl (C=O) groups excluding carboxylic acids is 1. The number of allylic oxidation sites excluding steroid dienone is 2. The van der Waals surface area contributed by atoms with Crippen LogP contribution in [-0.4, -0.2) is 42.1 Å². The van der Waals surface area contributed by atoms with Crippen molar-refractivity contribution in [1.29, 1.82) is 0 Å². The summed E-state index contributed by atoms with van der Waals surface area (Å²) >= 11 is 3.63. The maximum absolute atomic E-state index is 12.3. The molecule has 2 aliphatic carbocycles. The highest BCUT2D eigenvalue weighted by Gasteiger charge is 2.30. The van der Waals surface area contributed by atoms with Crippen LogP contribution in [0.2, 0.25) is 0 Å². The first-order chi connectivity index (χ1) is 18.9. The van der Waals surface area contributed by atoms with E-state index in [2.05, 4.69) is 71.0 Å². The molecule has 1 atom stereocenters. The molecular formula is C31H41BrN4O4. The zero-order valence-corrected chi connectivity index (χ0v) is 25.9. The molecule has 3 rings (SSSR count). The quantitative estimate of drug-likeness (QED) is 0.180. The van der Waals surface area contributed by atoms with Crippen molar-refractivity contribution >= 4 is 45.4 Å². The van der Waals surface area contributed by atoms with Gasteiger partial charge in [0.05, 0.1) is 11.4 Å². The highest BCUT2D eigenvalue weighted by Crippen LogP contribution is 2.45. The van der Waals surface area contributed by atoms with Gasteiger partial charge in [-0.2, -0.15) is 0 Å². The number of amides is 1. The Hall–Kier alpha value is -3.38. The molecule has 216 valence electrons. The van der Waals surface area contributed by atoms with Crippen molar-refractivity contribution in [1.82, 2.24) is 5.32 Å². The lowest BCUT2D eigenvalue weighted by atomic mass is 9.76. The number of ether oxygens (including phenoxy) is 1. The number of nitrogens with zero attached hydrogens (tertiary/aromatic N) is 2. The monoisotopic (exact) mass is 612 g/mol. The van der Waals surface area contributed by atoms with E-state index in [0.29, 0.717) is 17.3 Å². The van der Waals surface area contributed by atoms with Crippen molar-refractivity contribution in [3.63, 3.8) is 0 Å². The van der Waals surface area contributed by atoms with Crippen molar-refractivity contribution in [2.45, 2.75) is 85.2 Å². The second-order valence-corrected chi connectivity index (χ2v) is 11.6. The molecule has 1 unspecified atom stereocenters. The number of aryl methyl sites for hydroxylation is 1. The second-order valence-electron chi connectivity index (χ2n) is 10.8. The van der Waals surface area contributed by atoms with E-state index in [1.807, 2.05) is 0 Å². The van der Waals surface area contributed by atoms with Gasteiger partial charge in [-0.3, -0.25) is 19.6 Å². The van der Waals surface area contributed by atoms with Crippen molar-refractivity contribution in [3.05, 3.63) is 51.5 Å². The first kappa shape index (κ1) is 32.8. The number of hydrogen-bond acceptors (Lipinski definition) is 6. The van der Waals surface area contributed by atoms with Crippen LogP contribution >= 0.6 is 15.9 Å². The van der Waals surface area contributed by atoms with E-state index in [-0.39, 0.29) is 17.4 Å². The van der Waals surface area contributed by atoms with Gasteiger partial charge in [-0.15, -0.1) is 0 Å². The van der Waals surface area contributed by atoms with Crippen LogP contribution in [0.5, 0.6) is 0 Å². The van der Waals surface area contributed by atoms with Gasteiger partial charge >= 0.3 is 0 Å². The van der Waals surface area contributed by atoms with E-state index < -0.39 is 11.9 Å². The maximum atomic E-state index is 12.3. The first-order valence-electron chi connectivity index (χ1n) is 13.4. The summed E-state index contributed by atoms with van der Waals surface area (Å²) in [5, 5.41) is 10.2. The number of carbonyl (C=O) groups is 2. The number of nitrogens with one attached hydrogen (secondary N) is 1. The fourth-order valence-corrected chi connectivity index (χ4v) is 4.88. The molecule has 0 aliphatic heterocycles. The van der Waals surface area contributed by atoms with E-state index in [4.69, 9.17) is 25.4 Å². The maximum Gasteiger partial charge on any atom is 0.300 e. The van der Waals surface area contributed by atoms with Gasteiger partial charge in [-0.1, -0.05) is 35.7 Å².